The molecule has 0 aromatic heterocycles. The monoisotopic (exact) mass is 552 g/mol. The SMILES string of the molecule is CCC[O][Hf]([I])([I])[O]CCC. The van der Waals surface area contributed by atoms with Gasteiger partial charge in [0.15, 0.2) is 0 Å². The van der Waals surface area contributed by atoms with E-state index in [1.54, 1.807) is 0 Å². The average molecular weight is 550 g/mol. The quantitative estimate of drug-likeness (QED) is 0.373. The third kappa shape index (κ3) is 8.58. The van der Waals surface area contributed by atoms with Gasteiger partial charge in [0.05, 0.1) is 0 Å². The first-order valence-electron chi connectivity index (χ1n) is 3.78. The van der Waals surface area contributed by atoms with Gasteiger partial charge in [0.25, 0.3) is 0 Å². The Hall–Kier alpha value is 2.25. The minimum atomic E-state index is -2.61. The van der Waals surface area contributed by atoms with Crippen molar-refractivity contribution in [2.24, 2.45) is 0 Å². The average Bonchev–Trinajstić information content (AvgIpc) is 1.97. The summed E-state index contributed by atoms with van der Waals surface area (Å²) in [6, 6.07) is 0. The maximum atomic E-state index is 5.65. The van der Waals surface area contributed by atoms with Crippen LogP contribution in [0, 0.1) is 0 Å². The molecule has 2 nitrogen and oxygen atoms in total. The Morgan fingerprint density at radius 1 is 1.00 bits per heavy atom. The van der Waals surface area contributed by atoms with E-state index in [-0.39, 0.29) is 0 Å². The molecule has 0 aliphatic carbocycles. The second kappa shape index (κ2) is 7.64. The summed E-state index contributed by atoms with van der Waals surface area (Å²) in [7, 11) is 0. The van der Waals surface area contributed by atoms with E-state index in [1.165, 1.54) is 0 Å². The van der Waals surface area contributed by atoms with Crippen molar-refractivity contribution in [1.29, 1.82) is 0 Å². The van der Waals surface area contributed by atoms with Gasteiger partial charge in [-0.05, 0) is 0 Å². The molecule has 68 valence electrons. The van der Waals surface area contributed by atoms with Gasteiger partial charge in [0.2, 0.25) is 0 Å². The topological polar surface area (TPSA) is 18.5 Å². The summed E-state index contributed by atoms with van der Waals surface area (Å²) in [5.41, 5.74) is 0. The number of hydrogen-bond acceptors (Lipinski definition) is 2. The summed E-state index contributed by atoms with van der Waals surface area (Å²) in [6.45, 7) is 5.96. The summed E-state index contributed by atoms with van der Waals surface area (Å²) < 4.78 is 11.3. The van der Waals surface area contributed by atoms with Crippen molar-refractivity contribution < 1.29 is 18.2 Å². The molecule has 0 aromatic rings. The normalized spacial score (nSPS) is 12.0. The first-order chi connectivity index (χ1) is 5.12. The minimum absolute atomic E-state index is 0.858. The predicted octanol–water partition coefficient (Wildman–Crippen LogP) is 3.52. The molecule has 0 aliphatic rings. The molecular formula is C6H14HfI2O2. The summed E-state index contributed by atoms with van der Waals surface area (Å²) in [5, 5.41) is 0. The van der Waals surface area contributed by atoms with Crippen molar-refractivity contribution >= 4 is 36.3 Å². The van der Waals surface area contributed by atoms with E-state index in [2.05, 4.69) is 50.1 Å². The van der Waals surface area contributed by atoms with E-state index in [4.69, 9.17) is 5.71 Å². The Morgan fingerprint density at radius 2 is 1.36 bits per heavy atom. The second-order valence-electron chi connectivity index (χ2n) is 2.16. The van der Waals surface area contributed by atoms with Gasteiger partial charge in [0.1, 0.15) is 0 Å². The maximum absolute atomic E-state index is 5.65. The molecule has 0 heterocycles. The third-order valence-electron chi connectivity index (χ3n) is 0.948. The molecule has 0 amide bonds. The zero-order valence-corrected chi connectivity index (χ0v) is 14.8. The first kappa shape index (κ1) is 13.3. The molecule has 0 atom stereocenters. The van der Waals surface area contributed by atoms with Crippen molar-refractivity contribution in [2.45, 2.75) is 26.7 Å². The van der Waals surface area contributed by atoms with Gasteiger partial charge < -0.3 is 0 Å². The van der Waals surface area contributed by atoms with Gasteiger partial charge in [0, 0.05) is 0 Å². The first-order valence-corrected chi connectivity index (χ1v) is 27.1. The molecule has 0 fully saturated rings. The number of halogens is 2. The molecule has 0 unspecified atom stereocenters. The fourth-order valence-corrected chi connectivity index (χ4v) is 11.2. The molecular weight excluding hydrogens is 536 g/mol. The van der Waals surface area contributed by atoms with Gasteiger partial charge in [-0.3, -0.25) is 0 Å². The van der Waals surface area contributed by atoms with Gasteiger partial charge in [-0.2, -0.15) is 0 Å². The Balaban J connectivity index is 3.43. The van der Waals surface area contributed by atoms with Crippen LogP contribution in [0.1, 0.15) is 26.7 Å². The predicted molar refractivity (Wildman–Crippen MR) is 60.5 cm³/mol. The molecule has 0 aromatic carbocycles. The van der Waals surface area contributed by atoms with Crippen LogP contribution in [0.15, 0.2) is 0 Å². The molecule has 0 spiro atoms. The van der Waals surface area contributed by atoms with Crippen LogP contribution in [-0.2, 0) is 18.2 Å². The fourth-order valence-electron chi connectivity index (χ4n) is 0.483. The van der Waals surface area contributed by atoms with E-state index in [0.717, 1.165) is 26.1 Å². The summed E-state index contributed by atoms with van der Waals surface area (Å²) in [6.07, 6.45) is 2.17. The van der Waals surface area contributed by atoms with E-state index in [9.17, 15) is 0 Å². The molecule has 0 rings (SSSR count). The van der Waals surface area contributed by atoms with Crippen molar-refractivity contribution in [3.8, 4) is 0 Å². The zero-order chi connectivity index (χ0) is 8.74. The van der Waals surface area contributed by atoms with Crippen LogP contribution in [0.3, 0.4) is 0 Å². The molecule has 0 bridgehead atoms. The van der Waals surface area contributed by atoms with Gasteiger partial charge in [-0.15, -0.1) is 0 Å². The van der Waals surface area contributed by atoms with Crippen LogP contribution in [0.4, 0.5) is 0 Å². The Labute approximate surface area is 92.9 Å². The van der Waals surface area contributed by atoms with E-state index >= 15 is 0 Å². The standard InChI is InChI=1S/2C3H7O.Hf.2HI/c2*1-2-3-4;;;/h2*2-3H2,1H3;;2*1H/q2*-1;+4;;/p-2. The summed E-state index contributed by atoms with van der Waals surface area (Å²) in [4.78, 5) is 0. The van der Waals surface area contributed by atoms with Crippen molar-refractivity contribution in [2.75, 3.05) is 13.2 Å². The fraction of sp³-hybridized carbons (Fsp3) is 1.00. The van der Waals surface area contributed by atoms with E-state index in [0.29, 0.717) is 0 Å². The second-order valence-corrected chi connectivity index (χ2v) is 47.7. The van der Waals surface area contributed by atoms with Crippen molar-refractivity contribution in [3.63, 3.8) is 0 Å². The van der Waals surface area contributed by atoms with Crippen LogP contribution in [0.5, 0.6) is 0 Å². The Kier molecular flexibility index (Phi) is 9.20. The Morgan fingerprint density at radius 3 is 1.64 bits per heavy atom. The molecule has 0 aliphatic heterocycles. The van der Waals surface area contributed by atoms with Gasteiger partial charge in [-0.1, -0.05) is 0 Å². The molecule has 11 heavy (non-hydrogen) atoms. The Bertz CT molecular complexity index is 90.6. The zero-order valence-electron chi connectivity index (χ0n) is 6.90. The van der Waals surface area contributed by atoms with Gasteiger partial charge >= 0.3 is 94.4 Å². The molecule has 0 saturated heterocycles. The van der Waals surface area contributed by atoms with E-state index in [1.807, 2.05) is 0 Å². The summed E-state index contributed by atoms with van der Waals surface area (Å²) >= 11 is 2.16. The number of rotatable bonds is 6. The van der Waals surface area contributed by atoms with E-state index < -0.39 is 12.5 Å². The molecule has 0 N–H and O–H groups in total. The third-order valence-corrected chi connectivity index (χ3v) is 15.0. The molecule has 5 heteroatoms. The van der Waals surface area contributed by atoms with Crippen LogP contribution in [0.2, 0.25) is 0 Å². The van der Waals surface area contributed by atoms with Crippen molar-refractivity contribution in [3.05, 3.63) is 0 Å². The van der Waals surface area contributed by atoms with Crippen molar-refractivity contribution in [1.82, 2.24) is 0 Å². The van der Waals surface area contributed by atoms with Gasteiger partial charge in [-0.25, -0.2) is 0 Å². The number of hydrogen-bond donors (Lipinski definition) is 0. The summed E-state index contributed by atoms with van der Waals surface area (Å²) in [5.74, 6) is 0. The molecule has 0 radical (unpaired) electrons. The van der Waals surface area contributed by atoms with Crippen LogP contribution in [0.25, 0.3) is 0 Å². The molecule has 0 saturated carbocycles. The van der Waals surface area contributed by atoms with Crippen LogP contribution >= 0.6 is 36.3 Å². The van der Waals surface area contributed by atoms with Crippen LogP contribution in [-0.4, -0.2) is 13.2 Å². The van der Waals surface area contributed by atoms with Crippen LogP contribution < -0.4 is 0 Å².